The second-order valence-corrected chi connectivity index (χ2v) is 3.60. The quantitative estimate of drug-likeness (QED) is 0.618. The maximum atomic E-state index is 10.5. The Morgan fingerprint density at radius 2 is 2.00 bits per heavy atom. The third-order valence-corrected chi connectivity index (χ3v) is 2.32. The molecule has 0 amide bonds. The SMILES string of the molecule is Nc1cc(OS(=O)[O-])c2ccccc2c1. The number of rotatable bonds is 2. The normalized spacial score (nSPS) is 12.6. The van der Waals surface area contributed by atoms with E-state index >= 15 is 0 Å². The fraction of sp³-hybridized carbons (Fsp3) is 0. The molecule has 2 rings (SSSR count). The number of anilines is 1. The lowest BCUT2D eigenvalue weighted by Crippen LogP contribution is -1.99. The molecule has 1 atom stereocenters. The van der Waals surface area contributed by atoms with Crippen molar-refractivity contribution in [3.05, 3.63) is 36.4 Å². The smallest absolute Gasteiger partial charge is 0.149 e. The zero-order valence-electron chi connectivity index (χ0n) is 7.67. The second kappa shape index (κ2) is 3.88. The lowest BCUT2D eigenvalue weighted by Gasteiger charge is -2.10. The minimum Gasteiger partial charge on any atom is -0.740 e. The molecule has 1 unspecified atom stereocenters. The highest BCUT2D eigenvalue weighted by atomic mass is 32.2. The van der Waals surface area contributed by atoms with Gasteiger partial charge in [0.15, 0.2) is 0 Å². The Labute approximate surface area is 89.2 Å². The lowest BCUT2D eigenvalue weighted by atomic mass is 10.1. The third kappa shape index (κ3) is 2.08. The van der Waals surface area contributed by atoms with Crippen LogP contribution in [0.3, 0.4) is 0 Å². The van der Waals surface area contributed by atoms with E-state index in [9.17, 15) is 8.76 Å². The first-order valence-electron chi connectivity index (χ1n) is 4.22. The van der Waals surface area contributed by atoms with E-state index in [-0.39, 0.29) is 5.75 Å². The van der Waals surface area contributed by atoms with Gasteiger partial charge in [-0.1, -0.05) is 24.3 Å². The van der Waals surface area contributed by atoms with Crippen molar-refractivity contribution in [3.63, 3.8) is 0 Å². The van der Waals surface area contributed by atoms with Crippen LogP contribution in [0.15, 0.2) is 36.4 Å². The van der Waals surface area contributed by atoms with Gasteiger partial charge in [-0.15, -0.1) is 0 Å². The van der Waals surface area contributed by atoms with Crippen LogP contribution < -0.4 is 9.92 Å². The van der Waals surface area contributed by atoms with Gasteiger partial charge in [0.25, 0.3) is 0 Å². The molecule has 4 nitrogen and oxygen atoms in total. The summed E-state index contributed by atoms with van der Waals surface area (Å²) >= 11 is -2.59. The molecule has 0 fully saturated rings. The summed E-state index contributed by atoms with van der Waals surface area (Å²) in [5.74, 6) is 0.249. The summed E-state index contributed by atoms with van der Waals surface area (Å²) in [6.45, 7) is 0. The van der Waals surface area contributed by atoms with E-state index in [2.05, 4.69) is 4.18 Å². The highest BCUT2D eigenvalue weighted by molar-refractivity contribution is 7.74. The molecule has 0 radical (unpaired) electrons. The molecule has 0 aliphatic rings. The van der Waals surface area contributed by atoms with Gasteiger partial charge in [0, 0.05) is 17.1 Å². The molecule has 0 saturated heterocycles. The minimum absolute atomic E-state index is 0.249. The zero-order valence-corrected chi connectivity index (χ0v) is 8.49. The third-order valence-electron chi connectivity index (χ3n) is 2.00. The van der Waals surface area contributed by atoms with Gasteiger partial charge < -0.3 is 14.5 Å². The summed E-state index contributed by atoms with van der Waals surface area (Å²) in [6, 6.07) is 10.5. The Bertz CT molecular complexity index is 527. The van der Waals surface area contributed by atoms with Crippen LogP contribution in [0.1, 0.15) is 0 Å². The second-order valence-electron chi connectivity index (χ2n) is 3.03. The molecule has 78 valence electrons. The van der Waals surface area contributed by atoms with Gasteiger partial charge in [-0.25, -0.2) is 4.21 Å². The summed E-state index contributed by atoms with van der Waals surface area (Å²) in [5.41, 5.74) is 6.09. The molecular formula is C10H8NO3S-. The maximum absolute atomic E-state index is 10.5. The number of benzene rings is 2. The van der Waals surface area contributed by atoms with Crippen LogP contribution in [-0.4, -0.2) is 8.76 Å². The monoisotopic (exact) mass is 222 g/mol. The number of hydrogen-bond donors (Lipinski definition) is 1. The van der Waals surface area contributed by atoms with Crippen LogP contribution in [0.4, 0.5) is 5.69 Å². The molecule has 2 N–H and O–H groups in total. The molecule has 5 heteroatoms. The Kier molecular flexibility index (Phi) is 2.57. The van der Waals surface area contributed by atoms with Crippen LogP contribution >= 0.6 is 0 Å². The molecule has 15 heavy (non-hydrogen) atoms. The van der Waals surface area contributed by atoms with Crippen LogP contribution in [0.25, 0.3) is 10.8 Å². The van der Waals surface area contributed by atoms with E-state index < -0.39 is 11.4 Å². The highest BCUT2D eigenvalue weighted by Crippen LogP contribution is 2.28. The van der Waals surface area contributed by atoms with Crippen molar-refractivity contribution in [2.75, 3.05) is 5.73 Å². The Balaban J connectivity index is 2.65. The average Bonchev–Trinajstić information content (AvgIpc) is 2.16. The van der Waals surface area contributed by atoms with Gasteiger partial charge in [-0.05, 0) is 11.5 Å². The van der Waals surface area contributed by atoms with Crippen molar-refractivity contribution in [2.24, 2.45) is 0 Å². The van der Waals surface area contributed by atoms with E-state index in [1.54, 1.807) is 18.2 Å². The van der Waals surface area contributed by atoms with E-state index in [0.29, 0.717) is 5.69 Å². The van der Waals surface area contributed by atoms with Crippen LogP contribution in [-0.2, 0) is 11.4 Å². The van der Waals surface area contributed by atoms with E-state index in [4.69, 9.17) is 5.73 Å². The molecule has 0 aliphatic heterocycles. The average molecular weight is 222 g/mol. The molecule has 0 aliphatic carbocycles. The van der Waals surface area contributed by atoms with E-state index in [1.807, 2.05) is 12.1 Å². The molecule has 0 bridgehead atoms. The van der Waals surface area contributed by atoms with Gasteiger partial charge in [0.05, 0.1) is 0 Å². The summed E-state index contributed by atoms with van der Waals surface area (Å²) < 4.78 is 25.6. The van der Waals surface area contributed by atoms with Gasteiger partial charge in [-0.3, -0.25) is 0 Å². The molecule has 2 aromatic rings. The van der Waals surface area contributed by atoms with Gasteiger partial charge >= 0.3 is 0 Å². The first-order chi connectivity index (χ1) is 7.16. The van der Waals surface area contributed by atoms with Crippen molar-refractivity contribution in [2.45, 2.75) is 0 Å². The van der Waals surface area contributed by atoms with E-state index in [1.165, 1.54) is 6.07 Å². The first kappa shape index (κ1) is 9.95. The predicted octanol–water partition coefficient (Wildman–Crippen LogP) is 1.59. The topological polar surface area (TPSA) is 75.4 Å². The summed E-state index contributed by atoms with van der Waals surface area (Å²) in [4.78, 5) is 0. The Morgan fingerprint density at radius 1 is 1.27 bits per heavy atom. The minimum atomic E-state index is -2.59. The fourth-order valence-corrected chi connectivity index (χ4v) is 1.72. The zero-order chi connectivity index (χ0) is 10.8. The van der Waals surface area contributed by atoms with Crippen molar-refractivity contribution in [1.82, 2.24) is 0 Å². The van der Waals surface area contributed by atoms with Gasteiger partial charge in [0.2, 0.25) is 0 Å². The first-order valence-corrected chi connectivity index (χ1v) is 5.22. The van der Waals surface area contributed by atoms with Crippen LogP contribution in [0.2, 0.25) is 0 Å². The van der Waals surface area contributed by atoms with Gasteiger partial charge in [-0.2, -0.15) is 0 Å². The van der Waals surface area contributed by atoms with E-state index in [0.717, 1.165) is 10.8 Å². The highest BCUT2D eigenvalue weighted by Gasteiger charge is 2.03. The standard InChI is InChI=1S/C10H9NO3S/c11-8-5-7-3-1-2-4-9(7)10(6-8)14-15(12)13/h1-6H,11H2,(H,12,13)/p-1. The molecule has 0 saturated carbocycles. The number of nitrogen functional groups attached to an aromatic ring is 1. The number of fused-ring (bicyclic) bond motifs is 1. The molecular weight excluding hydrogens is 214 g/mol. The van der Waals surface area contributed by atoms with Crippen molar-refractivity contribution >= 4 is 27.8 Å². The fourth-order valence-electron chi connectivity index (χ4n) is 1.44. The van der Waals surface area contributed by atoms with Crippen molar-refractivity contribution in [3.8, 4) is 5.75 Å². The lowest BCUT2D eigenvalue weighted by molar-refractivity contribution is 0.442. The summed E-state index contributed by atoms with van der Waals surface area (Å²) in [7, 11) is 0. The van der Waals surface area contributed by atoms with Crippen molar-refractivity contribution < 1.29 is 12.9 Å². The van der Waals surface area contributed by atoms with Crippen molar-refractivity contribution in [1.29, 1.82) is 0 Å². The predicted molar refractivity (Wildman–Crippen MR) is 57.9 cm³/mol. The summed E-state index contributed by atoms with van der Waals surface area (Å²) in [6.07, 6.45) is 0. The number of nitrogens with two attached hydrogens (primary N) is 1. The molecule has 0 aromatic heterocycles. The Hall–Kier alpha value is -1.59. The molecule has 2 aromatic carbocycles. The summed E-state index contributed by atoms with van der Waals surface area (Å²) in [5, 5.41) is 1.56. The number of hydrogen-bond acceptors (Lipinski definition) is 4. The molecule has 0 spiro atoms. The van der Waals surface area contributed by atoms with Crippen LogP contribution in [0.5, 0.6) is 5.75 Å². The van der Waals surface area contributed by atoms with Gasteiger partial charge in [0.1, 0.15) is 17.1 Å². The molecule has 0 heterocycles. The largest absolute Gasteiger partial charge is 0.740 e. The maximum Gasteiger partial charge on any atom is 0.149 e. The Morgan fingerprint density at radius 3 is 2.73 bits per heavy atom. The van der Waals surface area contributed by atoms with Crippen LogP contribution in [0, 0.1) is 0 Å².